The fourth-order valence-corrected chi connectivity index (χ4v) is 8.23. The third-order valence-electron chi connectivity index (χ3n) is 7.15. The number of carbonyl (C=O) groups is 1. The van der Waals surface area contributed by atoms with Crippen LogP contribution in [-0.4, -0.2) is 36.7 Å². The number of sulfonamides is 1. The molecule has 2 aromatic heterocycles. The summed E-state index contributed by atoms with van der Waals surface area (Å²) in [4.78, 5) is 15.9. The molecule has 3 aromatic carbocycles. The van der Waals surface area contributed by atoms with Crippen molar-refractivity contribution in [3.8, 4) is 11.1 Å². The first kappa shape index (κ1) is 23.0. The van der Waals surface area contributed by atoms with Gasteiger partial charge in [0, 0.05) is 40.1 Å². The number of aromatic nitrogens is 1. The number of rotatable bonds is 5. The Morgan fingerprint density at radius 2 is 1.67 bits per heavy atom. The van der Waals surface area contributed by atoms with E-state index < -0.39 is 15.9 Å². The molecule has 5 aromatic rings. The third kappa shape index (κ3) is 3.82. The first-order valence-electron chi connectivity index (χ1n) is 11.9. The van der Waals surface area contributed by atoms with Crippen molar-refractivity contribution in [1.29, 1.82) is 0 Å². The molecule has 182 valence electrons. The minimum Gasteiger partial charge on any atom is -0.366 e. The number of H-pyrrole nitrogens is 1. The summed E-state index contributed by atoms with van der Waals surface area (Å²) in [5.41, 5.74) is 9.97. The van der Waals surface area contributed by atoms with E-state index in [9.17, 15) is 13.2 Å². The monoisotopic (exact) mass is 515 g/mol. The highest BCUT2D eigenvalue weighted by Crippen LogP contribution is 2.39. The van der Waals surface area contributed by atoms with E-state index >= 15 is 0 Å². The van der Waals surface area contributed by atoms with Gasteiger partial charge in [-0.3, -0.25) is 4.79 Å². The van der Waals surface area contributed by atoms with Gasteiger partial charge in [0.1, 0.15) is 4.90 Å². The number of hydrogen-bond acceptors (Lipinski definition) is 4. The number of aromatic amines is 1. The average molecular weight is 516 g/mol. The Morgan fingerprint density at radius 3 is 2.42 bits per heavy atom. The molecule has 0 spiro atoms. The number of fused-ring (bicyclic) bond motifs is 2. The summed E-state index contributed by atoms with van der Waals surface area (Å²) in [7, 11) is -3.57. The van der Waals surface area contributed by atoms with Gasteiger partial charge in [0.25, 0.3) is 5.91 Å². The minimum atomic E-state index is -3.57. The SMILES string of the molecule is NC(=O)c1cc(-c2ccccc2)cc2c(C3CCN(S(=O)(=O)c4csc5ccccc45)CC3)c[nH]c12. The van der Waals surface area contributed by atoms with Gasteiger partial charge in [0.05, 0.1) is 11.1 Å². The maximum absolute atomic E-state index is 13.5. The van der Waals surface area contributed by atoms with Crippen molar-refractivity contribution < 1.29 is 13.2 Å². The molecule has 6 rings (SSSR count). The highest BCUT2D eigenvalue weighted by molar-refractivity contribution is 7.89. The van der Waals surface area contributed by atoms with Crippen LogP contribution in [0, 0.1) is 0 Å². The van der Waals surface area contributed by atoms with Gasteiger partial charge in [0.15, 0.2) is 0 Å². The zero-order valence-corrected chi connectivity index (χ0v) is 21.1. The van der Waals surface area contributed by atoms with Crippen LogP contribution < -0.4 is 5.73 Å². The number of amides is 1. The van der Waals surface area contributed by atoms with Crippen LogP contribution >= 0.6 is 11.3 Å². The lowest BCUT2D eigenvalue weighted by Crippen LogP contribution is -2.37. The molecule has 0 aliphatic carbocycles. The molecule has 1 saturated heterocycles. The van der Waals surface area contributed by atoms with Gasteiger partial charge in [0.2, 0.25) is 10.0 Å². The van der Waals surface area contributed by atoms with Crippen LogP contribution in [0.15, 0.2) is 83.2 Å². The largest absolute Gasteiger partial charge is 0.366 e. The summed E-state index contributed by atoms with van der Waals surface area (Å²) >= 11 is 1.46. The summed E-state index contributed by atoms with van der Waals surface area (Å²) in [5, 5.41) is 3.51. The number of carbonyl (C=O) groups excluding carboxylic acids is 1. The number of benzene rings is 3. The van der Waals surface area contributed by atoms with Crippen molar-refractivity contribution in [2.45, 2.75) is 23.7 Å². The summed E-state index contributed by atoms with van der Waals surface area (Å²) < 4.78 is 29.5. The predicted octanol–water partition coefficient (Wildman–Crippen LogP) is 5.72. The van der Waals surface area contributed by atoms with Gasteiger partial charge in [-0.25, -0.2) is 8.42 Å². The number of hydrogen-bond donors (Lipinski definition) is 2. The number of nitrogens with one attached hydrogen (secondary N) is 1. The van der Waals surface area contributed by atoms with Crippen LogP contribution in [-0.2, 0) is 10.0 Å². The van der Waals surface area contributed by atoms with E-state index in [1.807, 2.05) is 66.9 Å². The molecular formula is C28H25N3O3S2. The maximum atomic E-state index is 13.5. The molecule has 0 atom stereocenters. The lowest BCUT2D eigenvalue weighted by Gasteiger charge is -2.31. The first-order chi connectivity index (χ1) is 17.4. The van der Waals surface area contributed by atoms with Crippen LogP contribution in [0.3, 0.4) is 0 Å². The van der Waals surface area contributed by atoms with Gasteiger partial charge >= 0.3 is 0 Å². The van der Waals surface area contributed by atoms with Gasteiger partial charge in [-0.1, -0.05) is 48.5 Å². The number of nitrogens with two attached hydrogens (primary N) is 1. The van der Waals surface area contributed by atoms with E-state index in [0.29, 0.717) is 36.4 Å². The Bertz CT molecular complexity index is 1700. The van der Waals surface area contributed by atoms with Crippen LogP contribution in [0.2, 0.25) is 0 Å². The Kier molecular flexibility index (Phi) is 5.67. The summed E-state index contributed by atoms with van der Waals surface area (Å²) in [6.45, 7) is 0.899. The second-order valence-electron chi connectivity index (χ2n) is 9.20. The fraction of sp³-hybridized carbons (Fsp3) is 0.179. The third-order valence-corrected chi connectivity index (χ3v) is 10.2. The molecule has 36 heavy (non-hydrogen) atoms. The van der Waals surface area contributed by atoms with E-state index in [1.54, 1.807) is 9.69 Å². The molecule has 1 aliphatic rings. The number of piperidine rings is 1. The molecule has 0 bridgehead atoms. The van der Waals surface area contributed by atoms with Crippen LogP contribution in [0.4, 0.5) is 0 Å². The molecule has 6 nitrogen and oxygen atoms in total. The quantitative estimate of drug-likeness (QED) is 0.313. The van der Waals surface area contributed by atoms with Gasteiger partial charge in [-0.2, -0.15) is 4.31 Å². The molecule has 8 heteroatoms. The van der Waals surface area contributed by atoms with Crippen LogP contribution in [0.1, 0.15) is 34.7 Å². The molecule has 0 unspecified atom stereocenters. The molecule has 1 fully saturated rings. The molecule has 0 radical (unpaired) electrons. The van der Waals surface area contributed by atoms with Gasteiger partial charge < -0.3 is 10.7 Å². The van der Waals surface area contributed by atoms with Crippen molar-refractivity contribution in [3.05, 3.63) is 89.4 Å². The predicted molar refractivity (Wildman–Crippen MR) is 145 cm³/mol. The summed E-state index contributed by atoms with van der Waals surface area (Å²) in [6, 6.07) is 21.5. The molecule has 1 aliphatic heterocycles. The van der Waals surface area contributed by atoms with Crippen molar-refractivity contribution in [2.75, 3.05) is 13.1 Å². The molecule has 1 amide bonds. The zero-order chi connectivity index (χ0) is 24.9. The first-order valence-corrected chi connectivity index (χ1v) is 14.2. The lowest BCUT2D eigenvalue weighted by molar-refractivity contribution is 0.100. The maximum Gasteiger partial charge on any atom is 0.250 e. The molecular weight excluding hydrogens is 490 g/mol. The van der Waals surface area contributed by atoms with Crippen molar-refractivity contribution >= 4 is 48.3 Å². The topological polar surface area (TPSA) is 96.3 Å². The molecule has 3 heterocycles. The smallest absolute Gasteiger partial charge is 0.250 e. The normalized spacial score (nSPS) is 15.6. The van der Waals surface area contributed by atoms with Gasteiger partial charge in [-0.05, 0) is 53.6 Å². The Balaban J connectivity index is 1.31. The number of thiophene rings is 1. The van der Waals surface area contributed by atoms with E-state index in [4.69, 9.17) is 5.73 Å². The van der Waals surface area contributed by atoms with Crippen LogP contribution in [0.5, 0.6) is 0 Å². The van der Waals surface area contributed by atoms with Crippen LogP contribution in [0.25, 0.3) is 32.1 Å². The Labute approximate surface area is 213 Å². The number of primary amides is 1. The second kappa shape index (κ2) is 8.89. The summed E-state index contributed by atoms with van der Waals surface area (Å²) in [5.74, 6) is -0.300. The lowest BCUT2D eigenvalue weighted by atomic mass is 9.88. The molecule has 3 N–H and O–H groups in total. The minimum absolute atomic E-state index is 0.177. The second-order valence-corrected chi connectivity index (χ2v) is 12.0. The molecule has 0 saturated carbocycles. The van der Waals surface area contributed by atoms with Crippen molar-refractivity contribution in [2.24, 2.45) is 5.73 Å². The Hall–Kier alpha value is -3.46. The van der Waals surface area contributed by atoms with E-state index in [-0.39, 0.29) is 5.92 Å². The van der Waals surface area contributed by atoms with Crippen molar-refractivity contribution in [3.63, 3.8) is 0 Å². The van der Waals surface area contributed by atoms with E-state index in [0.717, 1.165) is 37.7 Å². The highest BCUT2D eigenvalue weighted by Gasteiger charge is 2.32. The standard InChI is InChI=1S/C28H25N3O3S2/c29-28(32)23-15-20(18-6-2-1-3-7-18)14-22-24(16-30-27(22)23)19-10-12-31(13-11-19)36(33,34)26-17-35-25-9-5-4-8-21(25)26/h1-9,14-17,19,30H,10-13H2,(H2,29,32). The highest BCUT2D eigenvalue weighted by atomic mass is 32.2. The number of nitrogens with zero attached hydrogens (tertiary/aromatic N) is 1. The van der Waals surface area contributed by atoms with Gasteiger partial charge in [-0.15, -0.1) is 11.3 Å². The Morgan fingerprint density at radius 1 is 0.944 bits per heavy atom. The van der Waals surface area contributed by atoms with E-state index in [1.165, 1.54) is 11.3 Å². The van der Waals surface area contributed by atoms with Crippen molar-refractivity contribution in [1.82, 2.24) is 9.29 Å². The zero-order valence-electron chi connectivity index (χ0n) is 19.5. The fourth-order valence-electron chi connectivity index (χ4n) is 5.28. The van der Waals surface area contributed by atoms with E-state index in [2.05, 4.69) is 11.1 Å². The summed E-state index contributed by atoms with van der Waals surface area (Å²) in [6.07, 6.45) is 3.36. The average Bonchev–Trinajstić information content (AvgIpc) is 3.53.